The number of ether oxygens (including phenoxy) is 1. The minimum atomic E-state index is -0.910. The van der Waals surface area contributed by atoms with Crippen LogP contribution in [-0.4, -0.2) is 22.5 Å². The molecule has 1 aromatic carbocycles. The molecule has 0 radical (unpaired) electrons. The van der Waals surface area contributed by atoms with Gasteiger partial charge in [-0.1, -0.05) is 12.1 Å². The van der Waals surface area contributed by atoms with Gasteiger partial charge in [0.25, 0.3) is 5.91 Å². The molecule has 1 aliphatic rings. The lowest BCUT2D eigenvalue weighted by molar-refractivity contribution is -0.129. The van der Waals surface area contributed by atoms with Gasteiger partial charge in [0.15, 0.2) is 6.10 Å². The van der Waals surface area contributed by atoms with Crippen molar-refractivity contribution in [3.8, 4) is 0 Å². The Balaban J connectivity index is 1.57. The summed E-state index contributed by atoms with van der Waals surface area (Å²) in [6, 6.07) is 8.16. The summed E-state index contributed by atoms with van der Waals surface area (Å²) < 4.78 is 20.4. The van der Waals surface area contributed by atoms with Crippen molar-refractivity contribution in [2.45, 2.75) is 52.3 Å². The van der Waals surface area contributed by atoms with Crippen LogP contribution in [0, 0.1) is 19.7 Å². The van der Waals surface area contributed by atoms with Crippen LogP contribution < -0.4 is 5.32 Å². The molecule has 1 heterocycles. The Hall–Kier alpha value is -2.63. The first-order valence-electron chi connectivity index (χ1n) is 8.78. The third-order valence-corrected chi connectivity index (χ3v) is 4.65. The van der Waals surface area contributed by atoms with Gasteiger partial charge in [-0.25, -0.2) is 9.18 Å². The van der Waals surface area contributed by atoms with Gasteiger partial charge in [-0.15, -0.1) is 0 Å². The van der Waals surface area contributed by atoms with Crippen molar-refractivity contribution in [3.63, 3.8) is 0 Å². The molecule has 138 valence electrons. The van der Waals surface area contributed by atoms with Gasteiger partial charge in [-0.3, -0.25) is 4.79 Å². The highest BCUT2D eigenvalue weighted by atomic mass is 19.1. The Kier molecular flexibility index (Phi) is 5.11. The lowest BCUT2D eigenvalue weighted by atomic mass is 10.2. The van der Waals surface area contributed by atoms with E-state index in [1.807, 2.05) is 19.9 Å². The van der Waals surface area contributed by atoms with Crippen LogP contribution in [0.5, 0.6) is 0 Å². The molecule has 0 aliphatic heterocycles. The number of hydrogen-bond donors (Lipinski definition) is 1. The Morgan fingerprint density at radius 3 is 2.54 bits per heavy atom. The first-order chi connectivity index (χ1) is 12.4. The number of rotatable bonds is 6. The SMILES string of the molecule is Cc1cc(C(=O)O[C@@H](C)C(=O)NCc2ccc(F)cc2)c(C)n1C1CC1. The van der Waals surface area contributed by atoms with E-state index < -0.39 is 18.0 Å². The number of carbonyl (C=O) groups excluding carboxylic acids is 2. The predicted molar refractivity (Wildman–Crippen MR) is 95.3 cm³/mol. The average Bonchev–Trinajstić information content (AvgIpc) is 3.39. The van der Waals surface area contributed by atoms with E-state index in [0.29, 0.717) is 11.6 Å². The topological polar surface area (TPSA) is 60.3 Å². The number of aryl methyl sites for hydroxylation is 1. The number of amides is 1. The first-order valence-corrected chi connectivity index (χ1v) is 8.78. The summed E-state index contributed by atoms with van der Waals surface area (Å²) in [5.41, 5.74) is 3.19. The van der Waals surface area contributed by atoms with Crippen molar-refractivity contribution in [1.82, 2.24) is 9.88 Å². The van der Waals surface area contributed by atoms with Gasteiger partial charge < -0.3 is 14.6 Å². The van der Waals surface area contributed by atoms with Crippen molar-refractivity contribution < 1.29 is 18.7 Å². The van der Waals surface area contributed by atoms with Crippen molar-refractivity contribution in [2.24, 2.45) is 0 Å². The number of hydrogen-bond acceptors (Lipinski definition) is 3. The van der Waals surface area contributed by atoms with E-state index in [9.17, 15) is 14.0 Å². The third kappa shape index (κ3) is 3.95. The normalized spacial score (nSPS) is 14.8. The fourth-order valence-corrected chi connectivity index (χ4v) is 3.09. The quantitative estimate of drug-likeness (QED) is 0.805. The number of aromatic nitrogens is 1. The molecular weight excluding hydrogens is 335 g/mol. The predicted octanol–water partition coefficient (Wildman–Crippen LogP) is 3.44. The molecule has 6 heteroatoms. The average molecular weight is 358 g/mol. The van der Waals surface area contributed by atoms with Crippen LogP contribution >= 0.6 is 0 Å². The van der Waals surface area contributed by atoms with Crippen molar-refractivity contribution in [1.29, 1.82) is 0 Å². The maximum absolute atomic E-state index is 12.9. The maximum Gasteiger partial charge on any atom is 0.340 e. The molecule has 1 atom stereocenters. The molecule has 26 heavy (non-hydrogen) atoms. The number of nitrogens with one attached hydrogen (secondary N) is 1. The van der Waals surface area contributed by atoms with Gasteiger partial charge >= 0.3 is 5.97 Å². The van der Waals surface area contributed by atoms with Crippen LogP contribution in [0.25, 0.3) is 0 Å². The smallest absolute Gasteiger partial charge is 0.340 e. The van der Waals surface area contributed by atoms with Crippen LogP contribution in [-0.2, 0) is 16.1 Å². The molecular formula is C20H23FN2O3. The number of halogens is 1. The summed E-state index contributed by atoms with van der Waals surface area (Å²) >= 11 is 0. The summed E-state index contributed by atoms with van der Waals surface area (Å²) in [6.07, 6.45) is 1.35. The second-order valence-corrected chi connectivity index (χ2v) is 6.78. The maximum atomic E-state index is 12.9. The van der Waals surface area contributed by atoms with E-state index in [0.717, 1.165) is 29.8 Å². The molecule has 1 aliphatic carbocycles. The van der Waals surface area contributed by atoms with E-state index in [1.54, 1.807) is 12.1 Å². The minimum Gasteiger partial charge on any atom is -0.449 e. The largest absolute Gasteiger partial charge is 0.449 e. The second kappa shape index (κ2) is 7.32. The van der Waals surface area contributed by atoms with Gasteiger partial charge in [0.05, 0.1) is 5.56 Å². The standard InChI is InChI=1S/C20H23FN2O3/c1-12-10-18(13(2)23(12)17-8-9-17)20(25)26-14(3)19(24)22-11-15-4-6-16(21)7-5-15/h4-7,10,14,17H,8-9,11H2,1-3H3,(H,22,24)/t14-/m0/s1. The molecule has 3 rings (SSSR count). The molecule has 1 aromatic heterocycles. The molecule has 1 fully saturated rings. The zero-order chi connectivity index (χ0) is 18.8. The van der Waals surface area contributed by atoms with Crippen molar-refractivity contribution >= 4 is 11.9 Å². The van der Waals surface area contributed by atoms with E-state index in [1.165, 1.54) is 19.1 Å². The lowest BCUT2D eigenvalue weighted by Gasteiger charge is -2.14. The molecule has 0 spiro atoms. The number of carbonyl (C=O) groups is 2. The molecule has 2 aromatic rings. The minimum absolute atomic E-state index is 0.247. The highest BCUT2D eigenvalue weighted by molar-refractivity contribution is 5.93. The van der Waals surface area contributed by atoms with Crippen LogP contribution in [0.2, 0.25) is 0 Å². The lowest BCUT2D eigenvalue weighted by Crippen LogP contribution is -2.35. The summed E-state index contributed by atoms with van der Waals surface area (Å²) in [5.74, 6) is -1.21. The summed E-state index contributed by atoms with van der Waals surface area (Å²) in [7, 11) is 0. The van der Waals surface area contributed by atoms with Gasteiger partial charge in [-0.05, 0) is 57.4 Å². The van der Waals surface area contributed by atoms with E-state index in [-0.39, 0.29) is 12.4 Å². The fourth-order valence-electron chi connectivity index (χ4n) is 3.09. The molecule has 1 saturated carbocycles. The monoisotopic (exact) mass is 358 g/mol. The first kappa shape index (κ1) is 18.2. The Labute approximate surface area is 152 Å². The van der Waals surface area contributed by atoms with Crippen LogP contribution in [0.4, 0.5) is 4.39 Å². The zero-order valence-electron chi connectivity index (χ0n) is 15.2. The molecule has 1 amide bonds. The number of nitrogens with zero attached hydrogens (tertiary/aromatic N) is 1. The number of esters is 1. The zero-order valence-corrected chi connectivity index (χ0v) is 15.2. The second-order valence-electron chi connectivity index (χ2n) is 6.78. The highest BCUT2D eigenvalue weighted by Gasteiger charge is 2.29. The number of benzene rings is 1. The summed E-state index contributed by atoms with van der Waals surface area (Å²) in [4.78, 5) is 24.6. The van der Waals surface area contributed by atoms with Gasteiger partial charge in [0.1, 0.15) is 5.82 Å². The van der Waals surface area contributed by atoms with E-state index >= 15 is 0 Å². The van der Waals surface area contributed by atoms with E-state index in [2.05, 4.69) is 9.88 Å². The highest BCUT2D eigenvalue weighted by Crippen LogP contribution is 2.38. The van der Waals surface area contributed by atoms with Gasteiger partial charge in [0.2, 0.25) is 0 Å². The third-order valence-electron chi connectivity index (χ3n) is 4.65. The van der Waals surface area contributed by atoms with Crippen molar-refractivity contribution in [2.75, 3.05) is 0 Å². The van der Waals surface area contributed by atoms with Crippen LogP contribution in [0.1, 0.15) is 53.1 Å². The summed E-state index contributed by atoms with van der Waals surface area (Å²) in [6.45, 7) is 5.66. The van der Waals surface area contributed by atoms with Gasteiger partial charge in [-0.2, -0.15) is 0 Å². The molecule has 1 N–H and O–H groups in total. The van der Waals surface area contributed by atoms with Crippen molar-refractivity contribution in [3.05, 3.63) is 58.7 Å². The molecule has 0 unspecified atom stereocenters. The fraction of sp³-hybridized carbons (Fsp3) is 0.400. The van der Waals surface area contributed by atoms with Crippen LogP contribution in [0.15, 0.2) is 30.3 Å². The Morgan fingerprint density at radius 2 is 1.92 bits per heavy atom. The van der Waals surface area contributed by atoms with E-state index in [4.69, 9.17) is 4.74 Å². The molecule has 5 nitrogen and oxygen atoms in total. The van der Waals surface area contributed by atoms with Gasteiger partial charge in [0, 0.05) is 24.0 Å². The van der Waals surface area contributed by atoms with Crippen LogP contribution in [0.3, 0.4) is 0 Å². The summed E-state index contributed by atoms with van der Waals surface area (Å²) in [5, 5.41) is 2.69. The molecule has 0 saturated heterocycles. The Morgan fingerprint density at radius 1 is 1.27 bits per heavy atom. The molecule has 0 bridgehead atoms. The Bertz CT molecular complexity index is 822.